The van der Waals surface area contributed by atoms with Gasteiger partial charge in [0.1, 0.15) is 15.7 Å². The number of benzene rings is 2. The third-order valence-electron chi connectivity index (χ3n) is 8.02. The van der Waals surface area contributed by atoms with Crippen molar-refractivity contribution >= 4 is 50.5 Å². The number of nitrogens with one attached hydrogen (secondary N) is 3. The van der Waals surface area contributed by atoms with E-state index in [-0.39, 0.29) is 21.7 Å². The van der Waals surface area contributed by atoms with Gasteiger partial charge in [0.05, 0.1) is 24.7 Å². The van der Waals surface area contributed by atoms with Gasteiger partial charge >= 0.3 is 0 Å². The van der Waals surface area contributed by atoms with Crippen LogP contribution in [-0.4, -0.2) is 69.2 Å². The largest absolute Gasteiger partial charge is 0.494 e. The Labute approximate surface area is 260 Å². The van der Waals surface area contributed by atoms with E-state index in [4.69, 9.17) is 16.3 Å². The van der Waals surface area contributed by atoms with Gasteiger partial charge in [-0.1, -0.05) is 44.0 Å². The fourth-order valence-electron chi connectivity index (χ4n) is 5.67. The predicted octanol–water partition coefficient (Wildman–Crippen LogP) is 6.01. The summed E-state index contributed by atoms with van der Waals surface area (Å²) in [6, 6.07) is 13.4. The quantitative estimate of drug-likeness (QED) is 0.235. The topological polar surface area (TPSA) is 112 Å². The Kier molecular flexibility index (Phi) is 10.3. The van der Waals surface area contributed by atoms with E-state index in [0.717, 1.165) is 18.8 Å². The molecule has 2 aliphatic rings. The second-order valence-corrected chi connectivity index (χ2v) is 13.7. The summed E-state index contributed by atoms with van der Waals surface area (Å²) in [6.07, 6.45) is 7.84. The van der Waals surface area contributed by atoms with Crippen molar-refractivity contribution < 1.29 is 13.2 Å². The zero-order valence-electron chi connectivity index (χ0n) is 25.1. The number of ether oxygens (including phenoxy) is 1. The lowest BCUT2D eigenvalue weighted by molar-refractivity contribution is 0.141. The maximum Gasteiger partial charge on any atom is 0.242 e. The first-order valence-corrected chi connectivity index (χ1v) is 16.9. The van der Waals surface area contributed by atoms with E-state index < -0.39 is 10.0 Å². The highest BCUT2D eigenvalue weighted by Crippen LogP contribution is 2.34. The van der Waals surface area contributed by atoms with E-state index in [1.165, 1.54) is 51.4 Å². The number of sulfonamides is 1. The summed E-state index contributed by atoms with van der Waals surface area (Å²) < 4.78 is 34.4. The van der Waals surface area contributed by atoms with Gasteiger partial charge < -0.3 is 25.2 Å². The Balaban J connectivity index is 1.28. The predicted molar refractivity (Wildman–Crippen MR) is 174 cm³/mol. The molecule has 5 rings (SSSR count). The maximum atomic E-state index is 13.0. The second kappa shape index (κ2) is 14.1. The van der Waals surface area contributed by atoms with Crippen LogP contribution in [0.1, 0.15) is 46.0 Å². The molecule has 2 aromatic carbocycles. The van der Waals surface area contributed by atoms with Crippen LogP contribution < -0.4 is 25.0 Å². The number of nitrogens with zero attached hydrogens (tertiary/aromatic N) is 4. The smallest absolute Gasteiger partial charge is 0.242 e. The lowest BCUT2D eigenvalue weighted by atomic mass is 9.99. The number of likely N-dealkylation sites (tertiary alicyclic amines) is 1. The monoisotopic (exact) mass is 627 g/mol. The van der Waals surface area contributed by atoms with Gasteiger partial charge in [-0.2, -0.15) is 4.98 Å². The van der Waals surface area contributed by atoms with Gasteiger partial charge in [0.15, 0.2) is 5.82 Å². The number of hydrogen-bond acceptors (Lipinski definition) is 9. The fourth-order valence-corrected chi connectivity index (χ4v) is 7.19. The Morgan fingerprint density at radius 1 is 1.00 bits per heavy atom. The summed E-state index contributed by atoms with van der Waals surface area (Å²) in [5, 5.41) is 6.57. The highest BCUT2D eigenvalue weighted by atomic mass is 35.5. The molecule has 2 saturated heterocycles. The first-order chi connectivity index (χ1) is 20.7. The molecule has 3 heterocycles. The van der Waals surface area contributed by atoms with Crippen molar-refractivity contribution in [2.24, 2.45) is 5.92 Å². The zero-order valence-corrected chi connectivity index (χ0v) is 26.7. The molecule has 3 N–H and O–H groups in total. The standard InChI is InChI=1S/C31H42ClN7O3S/c1-22(2)20-34-43(40,41)29-10-6-5-9-27(29)35-30-25(32)21-33-31(37-30)36-26-12-11-24(19-28(26)42-3)39-17-13-23(14-18-39)38-15-7-4-8-16-38/h5-6,9-12,19,21-23,34H,4,7-8,13-18,20H2,1-3H3,(H2,33,35,36,37). The van der Waals surface area contributed by atoms with Crippen molar-refractivity contribution in [3.8, 4) is 5.75 Å². The second-order valence-electron chi connectivity index (χ2n) is 11.6. The molecule has 0 spiro atoms. The summed E-state index contributed by atoms with van der Waals surface area (Å²) in [5.74, 6) is 1.41. The lowest BCUT2D eigenvalue weighted by Crippen LogP contribution is -2.46. The molecular weight excluding hydrogens is 586 g/mol. The lowest BCUT2D eigenvalue weighted by Gasteiger charge is -2.41. The molecular formula is C31H42ClN7O3S. The average molecular weight is 628 g/mol. The van der Waals surface area contributed by atoms with Crippen LogP contribution in [0.5, 0.6) is 5.75 Å². The van der Waals surface area contributed by atoms with Gasteiger partial charge in [-0.05, 0) is 69.0 Å². The Morgan fingerprint density at radius 2 is 1.74 bits per heavy atom. The number of methoxy groups -OCH3 is 1. The van der Waals surface area contributed by atoms with Gasteiger partial charge in [0.25, 0.3) is 0 Å². The van der Waals surface area contributed by atoms with Crippen molar-refractivity contribution in [2.75, 3.05) is 55.4 Å². The Morgan fingerprint density at radius 3 is 2.47 bits per heavy atom. The number of anilines is 5. The summed E-state index contributed by atoms with van der Waals surface area (Å²) >= 11 is 6.43. The molecule has 2 fully saturated rings. The first kappa shape index (κ1) is 31.3. The number of hydrogen-bond donors (Lipinski definition) is 3. The molecule has 43 heavy (non-hydrogen) atoms. The van der Waals surface area contributed by atoms with E-state index in [0.29, 0.717) is 35.7 Å². The van der Waals surface area contributed by atoms with Crippen molar-refractivity contribution in [1.82, 2.24) is 19.6 Å². The highest BCUT2D eigenvalue weighted by Gasteiger charge is 2.26. The van der Waals surface area contributed by atoms with Gasteiger partial charge in [0.2, 0.25) is 16.0 Å². The van der Waals surface area contributed by atoms with Crippen LogP contribution in [0.3, 0.4) is 0 Å². The molecule has 0 amide bonds. The molecule has 0 unspecified atom stereocenters. The van der Waals surface area contributed by atoms with Crippen LogP contribution >= 0.6 is 11.6 Å². The Hall–Kier alpha value is -3.12. The summed E-state index contributed by atoms with van der Waals surface area (Å²) in [4.78, 5) is 14.1. The summed E-state index contributed by atoms with van der Waals surface area (Å²) in [6.45, 7) is 8.75. The molecule has 1 aromatic heterocycles. The van der Waals surface area contributed by atoms with Crippen molar-refractivity contribution in [3.63, 3.8) is 0 Å². The van der Waals surface area contributed by atoms with Crippen LogP contribution in [-0.2, 0) is 10.0 Å². The van der Waals surface area contributed by atoms with Crippen LogP contribution in [0.25, 0.3) is 0 Å². The molecule has 0 saturated carbocycles. The van der Waals surface area contributed by atoms with Gasteiger partial charge in [-0.15, -0.1) is 0 Å². The van der Waals surface area contributed by atoms with Crippen LogP contribution in [0, 0.1) is 5.92 Å². The molecule has 0 bridgehead atoms. The number of para-hydroxylation sites is 1. The average Bonchev–Trinajstić information content (AvgIpc) is 3.02. The molecule has 2 aliphatic heterocycles. The van der Waals surface area contributed by atoms with Crippen molar-refractivity contribution in [2.45, 2.75) is 56.9 Å². The third-order valence-corrected chi connectivity index (χ3v) is 9.78. The number of aromatic nitrogens is 2. The van der Waals surface area contributed by atoms with Crippen LogP contribution in [0.2, 0.25) is 5.02 Å². The van der Waals surface area contributed by atoms with E-state index >= 15 is 0 Å². The third kappa shape index (κ3) is 7.89. The fraction of sp³-hybridized carbons (Fsp3) is 0.484. The van der Waals surface area contributed by atoms with Crippen LogP contribution in [0.15, 0.2) is 53.6 Å². The van der Waals surface area contributed by atoms with Crippen molar-refractivity contribution in [3.05, 3.63) is 53.7 Å². The first-order valence-electron chi connectivity index (χ1n) is 15.1. The van der Waals surface area contributed by atoms with E-state index in [9.17, 15) is 8.42 Å². The van der Waals surface area contributed by atoms with Crippen molar-refractivity contribution in [1.29, 1.82) is 0 Å². The maximum absolute atomic E-state index is 13.0. The summed E-state index contributed by atoms with van der Waals surface area (Å²) in [7, 11) is -2.10. The van der Waals surface area contributed by atoms with E-state index in [1.54, 1.807) is 31.4 Å². The molecule has 232 valence electrons. The van der Waals surface area contributed by atoms with Gasteiger partial charge in [-0.25, -0.2) is 18.1 Å². The summed E-state index contributed by atoms with van der Waals surface area (Å²) in [5.41, 5.74) is 2.20. The molecule has 0 atom stereocenters. The van der Waals surface area contributed by atoms with E-state index in [1.807, 2.05) is 26.0 Å². The minimum Gasteiger partial charge on any atom is -0.494 e. The molecule has 0 radical (unpaired) electrons. The molecule has 0 aliphatic carbocycles. The normalized spacial score (nSPS) is 16.8. The SMILES string of the molecule is COc1cc(N2CCC(N3CCCCC3)CC2)ccc1Nc1ncc(Cl)c(Nc2ccccc2S(=O)(=O)NCC(C)C)n1. The zero-order chi connectivity index (χ0) is 30.4. The Bertz CT molecular complexity index is 1490. The molecule has 3 aromatic rings. The minimum atomic E-state index is -3.75. The van der Waals surface area contributed by atoms with Gasteiger partial charge in [-0.3, -0.25) is 0 Å². The number of halogens is 1. The highest BCUT2D eigenvalue weighted by molar-refractivity contribution is 7.89. The van der Waals surface area contributed by atoms with Crippen LogP contribution in [0.4, 0.5) is 28.8 Å². The number of rotatable bonds is 11. The molecule has 10 nitrogen and oxygen atoms in total. The number of piperidine rings is 2. The molecule has 12 heteroatoms. The minimum absolute atomic E-state index is 0.108. The van der Waals surface area contributed by atoms with Gasteiger partial charge in [0, 0.05) is 37.4 Å². The van der Waals surface area contributed by atoms with E-state index in [2.05, 4.69) is 41.2 Å².